The fraction of sp³-hybridized carbons (Fsp3) is 1.00. The maximum absolute atomic E-state index is 3.58. The zero-order valence-electron chi connectivity index (χ0n) is 13.0. The van der Waals surface area contributed by atoms with Crippen LogP contribution in [0.1, 0.15) is 46.0 Å². The number of hydrogen-bond acceptors (Lipinski definition) is 3. The maximum Gasteiger partial charge on any atom is 0.0113 e. The number of rotatable bonds is 7. The predicted octanol–water partition coefficient (Wildman–Crippen LogP) is 2.18. The molecule has 2 fully saturated rings. The van der Waals surface area contributed by atoms with E-state index in [1.807, 2.05) is 0 Å². The highest BCUT2D eigenvalue weighted by Crippen LogP contribution is 2.24. The summed E-state index contributed by atoms with van der Waals surface area (Å²) in [5, 5.41) is 3.58. The van der Waals surface area contributed by atoms with Crippen LogP contribution in [-0.4, -0.2) is 61.7 Å². The maximum atomic E-state index is 3.58. The number of nitrogens with zero attached hydrogens (tertiary/aromatic N) is 2. The van der Waals surface area contributed by atoms with Gasteiger partial charge in [0.2, 0.25) is 0 Å². The van der Waals surface area contributed by atoms with Crippen molar-refractivity contribution in [1.29, 1.82) is 0 Å². The summed E-state index contributed by atoms with van der Waals surface area (Å²) in [5.41, 5.74) is 0. The zero-order chi connectivity index (χ0) is 13.5. The van der Waals surface area contributed by atoms with Gasteiger partial charge in [0.15, 0.2) is 0 Å². The lowest BCUT2D eigenvalue weighted by molar-refractivity contribution is 0.0984. The monoisotopic (exact) mass is 267 g/mol. The minimum Gasteiger partial charge on any atom is -0.315 e. The first-order valence-corrected chi connectivity index (χ1v) is 8.43. The standard InChI is InChI=1S/C16H33N3/c1-15(2)7-8-17-9-10-18-11-13-19(14-12-18)16-5-3-4-6-16/h15-17H,3-14H2,1-2H3. The fourth-order valence-corrected chi connectivity index (χ4v) is 3.37. The molecule has 0 aromatic rings. The summed E-state index contributed by atoms with van der Waals surface area (Å²) in [7, 11) is 0. The molecule has 1 saturated heterocycles. The molecule has 0 aromatic heterocycles. The number of piperazine rings is 1. The molecule has 2 rings (SSSR count). The highest BCUT2D eigenvalue weighted by molar-refractivity contribution is 4.82. The van der Waals surface area contributed by atoms with Crippen LogP contribution >= 0.6 is 0 Å². The van der Waals surface area contributed by atoms with Gasteiger partial charge in [0.05, 0.1) is 0 Å². The molecule has 0 atom stereocenters. The topological polar surface area (TPSA) is 18.5 Å². The smallest absolute Gasteiger partial charge is 0.0113 e. The van der Waals surface area contributed by atoms with Crippen LogP contribution in [0, 0.1) is 5.92 Å². The van der Waals surface area contributed by atoms with E-state index in [9.17, 15) is 0 Å². The van der Waals surface area contributed by atoms with Crippen LogP contribution in [0.2, 0.25) is 0 Å². The van der Waals surface area contributed by atoms with Crippen LogP contribution in [-0.2, 0) is 0 Å². The molecular weight excluding hydrogens is 234 g/mol. The molecule has 0 spiro atoms. The summed E-state index contributed by atoms with van der Waals surface area (Å²) >= 11 is 0. The Labute approximate surface area is 119 Å². The molecule has 1 aliphatic heterocycles. The van der Waals surface area contributed by atoms with Crippen molar-refractivity contribution < 1.29 is 0 Å². The lowest BCUT2D eigenvalue weighted by Gasteiger charge is -2.38. The van der Waals surface area contributed by atoms with E-state index in [1.165, 1.54) is 71.4 Å². The molecule has 0 aromatic carbocycles. The lowest BCUT2D eigenvalue weighted by atomic mass is 10.1. The van der Waals surface area contributed by atoms with E-state index in [1.54, 1.807) is 0 Å². The van der Waals surface area contributed by atoms with E-state index in [4.69, 9.17) is 0 Å². The summed E-state index contributed by atoms with van der Waals surface area (Å²) in [5.74, 6) is 0.822. The predicted molar refractivity (Wildman–Crippen MR) is 82.6 cm³/mol. The van der Waals surface area contributed by atoms with Crippen molar-refractivity contribution >= 4 is 0 Å². The van der Waals surface area contributed by atoms with Crippen molar-refractivity contribution in [2.24, 2.45) is 5.92 Å². The van der Waals surface area contributed by atoms with E-state index >= 15 is 0 Å². The Morgan fingerprint density at radius 2 is 1.68 bits per heavy atom. The van der Waals surface area contributed by atoms with Crippen molar-refractivity contribution in [2.45, 2.75) is 52.0 Å². The quantitative estimate of drug-likeness (QED) is 0.713. The first-order valence-electron chi connectivity index (χ1n) is 8.43. The molecule has 2 aliphatic rings. The molecule has 3 heteroatoms. The minimum atomic E-state index is 0.822. The second kappa shape index (κ2) is 8.23. The van der Waals surface area contributed by atoms with E-state index in [0.29, 0.717) is 0 Å². The third-order valence-electron chi connectivity index (χ3n) is 4.75. The minimum absolute atomic E-state index is 0.822. The summed E-state index contributed by atoms with van der Waals surface area (Å²) in [6.45, 7) is 13.3. The zero-order valence-corrected chi connectivity index (χ0v) is 13.0. The molecule has 0 bridgehead atoms. The third-order valence-corrected chi connectivity index (χ3v) is 4.75. The Morgan fingerprint density at radius 3 is 2.32 bits per heavy atom. The van der Waals surface area contributed by atoms with Crippen molar-refractivity contribution in [2.75, 3.05) is 45.8 Å². The molecule has 3 nitrogen and oxygen atoms in total. The second-order valence-corrected chi connectivity index (χ2v) is 6.75. The van der Waals surface area contributed by atoms with E-state index in [2.05, 4.69) is 29.0 Å². The van der Waals surface area contributed by atoms with Crippen molar-refractivity contribution in [1.82, 2.24) is 15.1 Å². The largest absolute Gasteiger partial charge is 0.315 e. The van der Waals surface area contributed by atoms with E-state index in [-0.39, 0.29) is 0 Å². The van der Waals surface area contributed by atoms with Gasteiger partial charge in [0.25, 0.3) is 0 Å². The molecule has 19 heavy (non-hydrogen) atoms. The summed E-state index contributed by atoms with van der Waals surface area (Å²) < 4.78 is 0. The van der Waals surface area contributed by atoms with Crippen LogP contribution in [0.5, 0.6) is 0 Å². The molecule has 0 unspecified atom stereocenters. The lowest BCUT2D eigenvalue weighted by Crippen LogP contribution is -2.50. The highest BCUT2D eigenvalue weighted by atomic mass is 15.3. The van der Waals surface area contributed by atoms with Gasteiger partial charge in [-0.3, -0.25) is 9.80 Å². The van der Waals surface area contributed by atoms with Crippen molar-refractivity contribution in [3.05, 3.63) is 0 Å². The normalized spacial score (nSPS) is 23.5. The number of hydrogen-bond donors (Lipinski definition) is 1. The molecule has 1 N–H and O–H groups in total. The Bertz CT molecular complexity index is 228. The van der Waals surface area contributed by atoms with Gasteiger partial charge in [0.1, 0.15) is 0 Å². The Morgan fingerprint density at radius 1 is 1.00 bits per heavy atom. The molecule has 1 heterocycles. The molecule has 1 aliphatic carbocycles. The second-order valence-electron chi connectivity index (χ2n) is 6.75. The van der Waals surface area contributed by atoms with Gasteiger partial charge < -0.3 is 5.32 Å². The Hall–Kier alpha value is -0.120. The van der Waals surface area contributed by atoms with E-state index in [0.717, 1.165) is 18.5 Å². The van der Waals surface area contributed by atoms with Crippen LogP contribution in [0.3, 0.4) is 0 Å². The molecule has 112 valence electrons. The van der Waals surface area contributed by atoms with E-state index < -0.39 is 0 Å². The van der Waals surface area contributed by atoms with Crippen LogP contribution in [0.25, 0.3) is 0 Å². The summed E-state index contributed by atoms with van der Waals surface area (Å²) in [4.78, 5) is 5.38. The number of nitrogens with one attached hydrogen (secondary N) is 1. The fourth-order valence-electron chi connectivity index (χ4n) is 3.37. The molecule has 0 amide bonds. The summed E-state index contributed by atoms with van der Waals surface area (Å²) in [6, 6.07) is 0.923. The first kappa shape index (κ1) is 15.3. The molecular formula is C16H33N3. The Kier molecular flexibility index (Phi) is 6.62. The molecule has 1 saturated carbocycles. The average molecular weight is 267 g/mol. The van der Waals surface area contributed by atoms with Gasteiger partial charge >= 0.3 is 0 Å². The van der Waals surface area contributed by atoms with Crippen LogP contribution in [0.4, 0.5) is 0 Å². The average Bonchev–Trinajstić information content (AvgIpc) is 2.93. The van der Waals surface area contributed by atoms with Crippen molar-refractivity contribution in [3.8, 4) is 0 Å². The molecule has 0 radical (unpaired) electrons. The van der Waals surface area contributed by atoms with Gasteiger partial charge in [-0.25, -0.2) is 0 Å². The van der Waals surface area contributed by atoms with Gasteiger partial charge in [-0.1, -0.05) is 26.7 Å². The van der Waals surface area contributed by atoms with Crippen LogP contribution < -0.4 is 5.32 Å². The SMILES string of the molecule is CC(C)CCNCCN1CCN(C2CCCC2)CC1. The Balaban J connectivity index is 1.51. The van der Waals surface area contributed by atoms with Gasteiger partial charge in [-0.2, -0.15) is 0 Å². The third kappa shape index (κ3) is 5.41. The highest BCUT2D eigenvalue weighted by Gasteiger charge is 2.25. The summed E-state index contributed by atoms with van der Waals surface area (Å²) in [6.07, 6.45) is 7.14. The van der Waals surface area contributed by atoms with Crippen LogP contribution in [0.15, 0.2) is 0 Å². The van der Waals surface area contributed by atoms with Gasteiger partial charge in [-0.05, 0) is 31.7 Å². The van der Waals surface area contributed by atoms with Gasteiger partial charge in [0, 0.05) is 45.3 Å². The van der Waals surface area contributed by atoms with Gasteiger partial charge in [-0.15, -0.1) is 0 Å². The first-order chi connectivity index (χ1) is 9.25. The van der Waals surface area contributed by atoms with Crippen molar-refractivity contribution in [3.63, 3.8) is 0 Å².